The van der Waals surface area contributed by atoms with Crippen molar-refractivity contribution < 1.29 is 13.9 Å². The molecule has 66 valence electrons. The fourth-order valence-corrected chi connectivity index (χ4v) is 1.85. The Bertz CT molecular complexity index is 123. The summed E-state index contributed by atoms with van der Waals surface area (Å²) in [4.78, 5) is 0. The van der Waals surface area contributed by atoms with Crippen LogP contribution in [0.2, 0.25) is 0 Å². The Morgan fingerprint density at radius 3 is 2.82 bits per heavy atom. The van der Waals surface area contributed by atoms with E-state index in [1.807, 2.05) is 0 Å². The molecule has 1 unspecified atom stereocenters. The topological polar surface area (TPSA) is 23.5 Å². The van der Waals surface area contributed by atoms with Crippen molar-refractivity contribution in [2.45, 2.75) is 24.7 Å². The molecular weight excluding hydrogens is 172 g/mol. The first-order valence-electron chi connectivity index (χ1n) is 3.56. The molecule has 1 aliphatic rings. The van der Waals surface area contributed by atoms with Crippen LogP contribution < -0.4 is 0 Å². The highest BCUT2D eigenvalue weighted by molar-refractivity contribution is 7.97. The summed E-state index contributed by atoms with van der Waals surface area (Å²) in [7, 11) is 0. The van der Waals surface area contributed by atoms with E-state index in [1.165, 1.54) is 4.31 Å². The van der Waals surface area contributed by atoms with Gasteiger partial charge in [-0.3, -0.25) is 0 Å². The molecule has 1 atom stereocenters. The van der Waals surface area contributed by atoms with E-state index in [0.717, 1.165) is 12.8 Å². The Hall–Kier alpha value is 0.130. The number of nitrogens with zero attached hydrogens (tertiary/aromatic N) is 1. The van der Waals surface area contributed by atoms with E-state index in [4.69, 9.17) is 5.11 Å². The number of alkyl halides is 2. The highest BCUT2D eigenvalue weighted by Crippen LogP contribution is 2.23. The SMILES string of the molecule is OC1CCCN(SC(F)F)C1. The van der Waals surface area contributed by atoms with Gasteiger partial charge in [-0.2, -0.15) is 8.78 Å². The van der Waals surface area contributed by atoms with Crippen molar-refractivity contribution in [2.24, 2.45) is 0 Å². The van der Waals surface area contributed by atoms with Gasteiger partial charge < -0.3 is 5.11 Å². The average molecular weight is 183 g/mol. The number of hydrogen-bond donors (Lipinski definition) is 1. The third kappa shape index (κ3) is 3.35. The second-order valence-corrected chi connectivity index (χ2v) is 3.63. The molecule has 0 radical (unpaired) electrons. The maximum Gasteiger partial charge on any atom is 0.298 e. The number of hydrogen-bond acceptors (Lipinski definition) is 3. The fourth-order valence-electron chi connectivity index (χ4n) is 1.13. The fraction of sp³-hybridized carbons (Fsp3) is 1.00. The van der Waals surface area contributed by atoms with Crippen molar-refractivity contribution in [3.63, 3.8) is 0 Å². The molecule has 1 heterocycles. The van der Waals surface area contributed by atoms with E-state index < -0.39 is 11.9 Å². The van der Waals surface area contributed by atoms with Crippen molar-refractivity contribution >= 4 is 11.9 Å². The van der Waals surface area contributed by atoms with E-state index in [0.29, 0.717) is 25.0 Å². The van der Waals surface area contributed by atoms with Gasteiger partial charge in [0, 0.05) is 13.1 Å². The summed E-state index contributed by atoms with van der Waals surface area (Å²) in [6.07, 6.45) is 1.12. The molecule has 1 rings (SSSR count). The lowest BCUT2D eigenvalue weighted by atomic mass is 10.1. The van der Waals surface area contributed by atoms with E-state index in [-0.39, 0.29) is 0 Å². The lowest BCUT2D eigenvalue weighted by Gasteiger charge is -2.28. The number of β-amino-alcohol motifs (C(OH)–C–C–N with tert-alkyl or cyclic N) is 1. The van der Waals surface area contributed by atoms with E-state index in [1.54, 1.807) is 0 Å². The van der Waals surface area contributed by atoms with Gasteiger partial charge in [-0.25, -0.2) is 4.31 Å². The van der Waals surface area contributed by atoms with E-state index >= 15 is 0 Å². The second-order valence-electron chi connectivity index (χ2n) is 2.55. The third-order valence-electron chi connectivity index (χ3n) is 1.59. The predicted octanol–water partition coefficient (Wildman–Crippen LogP) is 1.31. The second kappa shape index (κ2) is 4.23. The predicted molar refractivity (Wildman–Crippen MR) is 40.4 cm³/mol. The van der Waals surface area contributed by atoms with Crippen LogP contribution >= 0.6 is 11.9 Å². The molecule has 11 heavy (non-hydrogen) atoms. The summed E-state index contributed by atoms with van der Waals surface area (Å²) in [6, 6.07) is 0. The van der Waals surface area contributed by atoms with Crippen molar-refractivity contribution in [1.82, 2.24) is 4.31 Å². The van der Waals surface area contributed by atoms with E-state index in [2.05, 4.69) is 0 Å². The lowest BCUT2D eigenvalue weighted by molar-refractivity contribution is 0.110. The standard InChI is InChI=1S/C6H11F2NOS/c7-6(8)11-9-3-1-2-5(10)4-9/h5-6,10H,1-4H2. The Labute approximate surface area is 68.7 Å². The lowest BCUT2D eigenvalue weighted by Crippen LogP contribution is -2.34. The highest BCUT2D eigenvalue weighted by atomic mass is 32.2. The summed E-state index contributed by atoms with van der Waals surface area (Å²) >= 11 is 0.519. The van der Waals surface area contributed by atoms with Crippen LogP contribution in [0, 0.1) is 0 Å². The van der Waals surface area contributed by atoms with Crippen LogP contribution in [0.25, 0.3) is 0 Å². The molecule has 0 amide bonds. The first kappa shape index (κ1) is 9.22. The van der Waals surface area contributed by atoms with Crippen molar-refractivity contribution in [3.05, 3.63) is 0 Å². The molecule has 0 saturated carbocycles. The number of rotatable bonds is 2. The molecule has 0 aromatic rings. The van der Waals surface area contributed by atoms with E-state index in [9.17, 15) is 8.78 Å². The van der Waals surface area contributed by atoms with Crippen LogP contribution in [-0.4, -0.2) is 34.4 Å². The summed E-state index contributed by atoms with van der Waals surface area (Å²) in [6.45, 7) is 1.03. The largest absolute Gasteiger partial charge is 0.392 e. The number of halogens is 2. The molecule has 1 N–H and O–H groups in total. The molecule has 2 nitrogen and oxygen atoms in total. The minimum atomic E-state index is -2.36. The Morgan fingerprint density at radius 2 is 2.27 bits per heavy atom. The van der Waals surface area contributed by atoms with Crippen LogP contribution in [0.3, 0.4) is 0 Å². The van der Waals surface area contributed by atoms with Crippen molar-refractivity contribution in [2.75, 3.05) is 13.1 Å². The van der Waals surface area contributed by atoms with Gasteiger partial charge in [0.2, 0.25) is 0 Å². The minimum Gasteiger partial charge on any atom is -0.392 e. The smallest absolute Gasteiger partial charge is 0.298 e. The number of piperidine rings is 1. The maximum atomic E-state index is 11.8. The molecular formula is C6H11F2NOS. The highest BCUT2D eigenvalue weighted by Gasteiger charge is 2.20. The van der Waals surface area contributed by atoms with Gasteiger partial charge in [0.15, 0.2) is 0 Å². The summed E-state index contributed by atoms with van der Waals surface area (Å²) < 4.78 is 25.1. The number of aliphatic hydroxyl groups is 1. The van der Waals surface area contributed by atoms with Crippen LogP contribution in [-0.2, 0) is 0 Å². The van der Waals surface area contributed by atoms with Crippen molar-refractivity contribution in [3.8, 4) is 0 Å². The van der Waals surface area contributed by atoms with Gasteiger partial charge in [-0.15, -0.1) is 0 Å². The Balaban J connectivity index is 2.23. The molecule has 0 aliphatic carbocycles. The van der Waals surface area contributed by atoms with Crippen LogP contribution in [0.1, 0.15) is 12.8 Å². The molecule has 0 spiro atoms. The quantitative estimate of drug-likeness (QED) is 0.653. The van der Waals surface area contributed by atoms with Crippen LogP contribution in [0.5, 0.6) is 0 Å². The molecule has 5 heteroatoms. The number of aliphatic hydroxyl groups excluding tert-OH is 1. The van der Waals surface area contributed by atoms with Gasteiger partial charge in [-0.1, -0.05) is 0 Å². The average Bonchev–Trinajstić information content (AvgIpc) is 1.85. The van der Waals surface area contributed by atoms with Gasteiger partial charge in [0.25, 0.3) is 5.76 Å². The third-order valence-corrected chi connectivity index (χ3v) is 2.38. The Kier molecular flexibility index (Phi) is 3.54. The van der Waals surface area contributed by atoms with Gasteiger partial charge in [0.1, 0.15) is 0 Å². The maximum absolute atomic E-state index is 11.8. The molecule has 1 aliphatic heterocycles. The Morgan fingerprint density at radius 1 is 1.55 bits per heavy atom. The normalized spacial score (nSPS) is 27.8. The summed E-state index contributed by atoms with van der Waals surface area (Å²) in [5.74, 6) is -2.36. The minimum absolute atomic E-state index is 0.370. The monoisotopic (exact) mass is 183 g/mol. The molecule has 0 aromatic heterocycles. The zero-order valence-corrected chi connectivity index (χ0v) is 6.86. The first-order chi connectivity index (χ1) is 5.18. The van der Waals surface area contributed by atoms with Gasteiger partial charge in [-0.05, 0) is 24.8 Å². The van der Waals surface area contributed by atoms with Gasteiger partial charge in [0.05, 0.1) is 6.10 Å². The van der Waals surface area contributed by atoms with Crippen LogP contribution in [0.15, 0.2) is 0 Å². The molecule has 1 saturated heterocycles. The van der Waals surface area contributed by atoms with Crippen molar-refractivity contribution in [1.29, 1.82) is 0 Å². The zero-order valence-electron chi connectivity index (χ0n) is 6.04. The zero-order chi connectivity index (χ0) is 8.27. The molecule has 0 aromatic carbocycles. The molecule has 1 fully saturated rings. The first-order valence-corrected chi connectivity index (χ1v) is 4.40. The van der Waals surface area contributed by atoms with Gasteiger partial charge >= 0.3 is 0 Å². The summed E-state index contributed by atoms with van der Waals surface area (Å²) in [5.41, 5.74) is 0. The van der Waals surface area contributed by atoms with Crippen LogP contribution in [0.4, 0.5) is 8.78 Å². The molecule has 0 bridgehead atoms. The summed E-state index contributed by atoms with van der Waals surface area (Å²) in [5, 5.41) is 9.09.